The number of rotatable bonds is 7. The average molecular weight is 970 g/mol. The minimum absolute atomic E-state index is 0.517. The van der Waals surface area contributed by atoms with Gasteiger partial charge in [-0.3, -0.25) is 9.13 Å². The van der Waals surface area contributed by atoms with Gasteiger partial charge in [-0.05, 0) is 47.5 Å². The largest absolute Gasteiger partial charge is 0.307 e. The van der Waals surface area contributed by atoms with Crippen LogP contribution in [0.3, 0.4) is 0 Å². The summed E-state index contributed by atoms with van der Waals surface area (Å²) in [5.41, 5.74) is 16.0. The third-order valence-corrected chi connectivity index (χ3v) is 15.4. The Morgan fingerprint density at radius 1 is 0.211 bits per heavy atom. The van der Waals surface area contributed by atoms with E-state index >= 15 is 0 Å². The van der Waals surface area contributed by atoms with Crippen molar-refractivity contribution in [3.8, 4) is 56.9 Å². The predicted molar refractivity (Wildman–Crippen MR) is 313 cm³/mol. The van der Waals surface area contributed by atoms with E-state index in [2.05, 4.69) is 273 Å². The Hall–Kier alpha value is -10.4. The van der Waals surface area contributed by atoms with Crippen molar-refractivity contribution >= 4 is 87.2 Å². The van der Waals surface area contributed by atoms with E-state index in [0.717, 1.165) is 116 Å². The molecule has 11 aromatic carbocycles. The molecule has 5 heterocycles. The lowest BCUT2D eigenvalue weighted by molar-refractivity contribution is 0.893. The number of benzene rings is 11. The van der Waals surface area contributed by atoms with Crippen LogP contribution in [0.25, 0.3) is 144 Å². The summed E-state index contributed by atoms with van der Waals surface area (Å²) in [4.78, 5) is 16.9. The zero-order valence-corrected chi connectivity index (χ0v) is 41.0. The molecule has 0 aliphatic rings. The maximum atomic E-state index is 5.79. The molecule has 0 saturated heterocycles. The van der Waals surface area contributed by atoms with Gasteiger partial charge in [0, 0.05) is 59.8 Å². The molecule has 354 valence electrons. The highest BCUT2D eigenvalue weighted by Crippen LogP contribution is 2.46. The molecule has 0 radical (unpaired) electrons. The van der Waals surface area contributed by atoms with Crippen molar-refractivity contribution in [3.63, 3.8) is 0 Å². The van der Waals surface area contributed by atoms with Gasteiger partial charge in [-0.2, -0.15) is 15.0 Å². The van der Waals surface area contributed by atoms with Crippen molar-refractivity contribution < 1.29 is 0 Å². The van der Waals surface area contributed by atoms with Gasteiger partial charge in [-0.1, -0.05) is 224 Å². The van der Waals surface area contributed by atoms with Gasteiger partial charge in [0.1, 0.15) is 0 Å². The topological polar surface area (TPSA) is 58.4 Å². The minimum Gasteiger partial charge on any atom is -0.307 e. The van der Waals surface area contributed by atoms with Gasteiger partial charge in [0.25, 0.3) is 0 Å². The fourth-order valence-corrected chi connectivity index (χ4v) is 12.2. The molecule has 5 aromatic heterocycles. The Kier molecular flexibility index (Phi) is 9.20. The second-order valence-corrected chi connectivity index (χ2v) is 19.5. The molecule has 76 heavy (non-hydrogen) atoms. The predicted octanol–water partition coefficient (Wildman–Crippen LogP) is 17.3. The SMILES string of the molecule is c1ccc(-c2nc(-n3c4ccccc4c4ccc5c6ccccc6n(-c6ccccc6-c6ccccc6)c5c43)nc(-n3c4ccccc4c4ccc5c6ccccc6n(-c6ccccc6-c6ccccc6)c5c43)n2)cc1. The quantitative estimate of drug-likeness (QED) is 0.160. The van der Waals surface area contributed by atoms with Crippen LogP contribution in [0.4, 0.5) is 0 Å². The first-order valence-corrected chi connectivity index (χ1v) is 25.8. The van der Waals surface area contributed by atoms with Gasteiger partial charge in [0.05, 0.1) is 55.5 Å². The van der Waals surface area contributed by atoms with E-state index in [1.807, 2.05) is 6.07 Å². The third-order valence-electron chi connectivity index (χ3n) is 15.4. The van der Waals surface area contributed by atoms with Crippen molar-refractivity contribution in [3.05, 3.63) is 261 Å². The molecule has 0 aliphatic carbocycles. The molecular weight excluding hydrogens is 927 g/mol. The summed E-state index contributed by atoms with van der Waals surface area (Å²) in [6.07, 6.45) is 0. The van der Waals surface area contributed by atoms with Crippen LogP contribution in [-0.4, -0.2) is 33.2 Å². The highest BCUT2D eigenvalue weighted by molar-refractivity contribution is 6.25. The summed E-state index contributed by atoms with van der Waals surface area (Å²) < 4.78 is 9.50. The van der Waals surface area contributed by atoms with E-state index in [0.29, 0.717) is 17.7 Å². The lowest BCUT2D eigenvalue weighted by Gasteiger charge is -2.17. The Morgan fingerprint density at radius 2 is 0.500 bits per heavy atom. The van der Waals surface area contributed by atoms with Gasteiger partial charge in [-0.15, -0.1) is 0 Å². The zero-order valence-electron chi connectivity index (χ0n) is 41.0. The van der Waals surface area contributed by atoms with Crippen LogP contribution in [-0.2, 0) is 0 Å². The van der Waals surface area contributed by atoms with Crippen molar-refractivity contribution in [2.45, 2.75) is 0 Å². The van der Waals surface area contributed by atoms with Crippen LogP contribution < -0.4 is 0 Å². The number of nitrogens with zero attached hydrogens (tertiary/aromatic N) is 7. The molecule has 0 N–H and O–H groups in total. The first-order chi connectivity index (χ1) is 37.8. The molecule has 16 aromatic rings. The summed E-state index contributed by atoms with van der Waals surface area (Å²) in [6.45, 7) is 0. The number of hydrogen-bond acceptors (Lipinski definition) is 3. The number of fused-ring (bicyclic) bond motifs is 14. The molecular formula is C69H43N7. The standard InChI is InChI=1S/C69H43N7/c1-4-22-44(23-5-1)47-28-10-16-34-57(47)73-59-36-18-12-30-49(59)53-40-42-55-51-32-14-20-38-61(51)75(65(55)63(53)73)68-70-67(46-26-8-3-9-27-46)71-69(72-68)76-62-39-21-15-33-52(62)56-43-41-54-50-31-13-19-37-60(50)74(64(54)66(56)76)58-35-17-11-29-48(58)45-24-6-2-7-25-45/h1-43H. The normalized spacial score (nSPS) is 11.9. The number of para-hydroxylation sites is 6. The second-order valence-electron chi connectivity index (χ2n) is 19.5. The molecule has 0 fully saturated rings. The van der Waals surface area contributed by atoms with E-state index in [1.165, 1.54) is 10.8 Å². The molecule has 0 aliphatic heterocycles. The van der Waals surface area contributed by atoms with Crippen molar-refractivity contribution in [2.75, 3.05) is 0 Å². The molecule has 0 saturated carbocycles. The van der Waals surface area contributed by atoms with Gasteiger partial charge in [-0.25, -0.2) is 0 Å². The van der Waals surface area contributed by atoms with Crippen molar-refractivity contribution in [1.82, 2.24) is 33.2 Å². The highest BCUT2D eigenvalue weighted by atomic mass is 15.3. The molecule has 16 rings (SSSR count). The lowest BCUT2D eigenvalue weighted by atomic mass is 10.0. The summed E-state index contributed by atoms with van der Waals surface area (Å²) in [6, 6.07) is 93.2. The van der Waals surface area contributed by atoms with E-state index in [1.54, 1.807) is 0 Å². The van der Waals surface area contributed by atoms with Crippen molar-refractivity contribution in [1.29, 1.82) is 0 Å². The highest BCUT2D eigenvalue weighted by Gasteiger charge is 2.27. The smallest absolute Gasteiger partial charge is 0.240 e. The van der Waals surface area contributed by atoms with E-state index in [4.69, 9.17) is 15.0 Å². The fourth-order valence-electron chi connectivity index (χ4n) is 12.2. The molecule has 0 spiro atoms. The van der Waals surface area contributed by atoms with Crippen LogP contribution in [0.15, 0.2) is 261 Å². The Morgan fingerprint density at radius 3 is 0.882 bits per heavy atom. The van der Waals surface area contributed by atoms with Crippen LogP contribution in [0, 0.1) is 0 Å². The lowest BCUT2D eigenvalue weighted by Crippen LogP contribution is -2.11. The first kappa shape index (κ1) is 42.2. The average Bonchev–Trinajstić information content (AvgIpc) is 4.38. The molecule has 0 atom stereocenters. The summed E-state index contributed by atoms with van der Waals surface area (Å²) in [7, 11) is 0. The Bertz CT molecular complexity index is 4690. The van der Waals surface area contributed by atoms with Gasteiger partial charge >= 0.3 is 0 Å². The second kappa shape index (κ2) is 16.6. The summed E-state index contributed by atoms with van der Waals surface area (Å²) in [5, 5.41) is 9.03. The maximum Gasteiger partial charge on any atom is 0.240 e. The van der Waals surface area contributed by atoms with Crippen LogP contribution >= 0.6 is 0 Å². The molecule has 7 nitrogen and oxygen atoms in total. The van der Waals surface area contributed by atoms with Gasteiger partial charge in [0.2, 0.25) is 11.9 Å². The fraction of sp³-hybridized carbons (Fsp3) is 0. The zero-order chi connectivity index (χ0) is 49.8. The maximum absolute atomic E-state index is 5.79. The van der Waals surface area contributed by atoms with Crippen LogP contribution in [0.1, 0.15) is 0 Å². The van der Waals surface area contributed by atoms with E-state index in [9.17, 15) is 0 Å². The van der Waals surface area contributed by atoms with Crippen LogP contribution in [0.5, 0.6) is 0 Å². The minimum atomic E-state index is 0.517. The van der Waals surface area contributed by atoms with E-state index in [-0.39, 0.29) is 0 Å². The van der Waals surface area contributed by atoms with Crippen molar-refractivity contribution in [2.24, 2.45) is 0 Å². The molecule has 0 unspecified atom stereocenters. The molecule has 0 amide bonds. The van der Waals surface area contributed by atoms with Gasteiger partial charge in [0.15, 0.2) is 5.82 Å². The van der Waals surface area contributed by atoms with Crippen LogP contribution in [0.2, 0.25) is 0 Å². The number of aromatic nitrogens is 7. The Balaban J connectivity index is 1.06. The molecule has 0 bridgehead atoms. The summed E-state index contributed by atoms with van der Waals surface area (Å²) in [5.74, 6) is 1.61. The Labute approximate surface area is 436 Å². The number of hydrogen-bond donors (Lipinski definition) is 0. The van der Waals surface area contributed by atoms with Gasteiger partial charge < -0.3 is 9.13 Å². The third kappa shape index (κ3) is 6.14. The summed E-state index contributed by atoms with van der Waals surface area (Å²) >= 11 is 0. The van der Waals surface area contributed by atoms with E-state index < -0.39 is 0 Å². The first-order valence-electron chi connectivity index (χ1n) is 25.8. The monoisotopic (exact) mass is 969 g/mol. The molecule has 7 heteroatoms.